The van der Waals surface area contributed by atoms with Gasteiger partial charge in [-0.3, -0.25) is 4.79 Å². The highest BCUT2D eigenvalue weighted by atomic mass is 35.5. The van der Waals surface area contributed by atoms with Gasteiger partial charge in [-0.2, -0.15) is 0 Å². The van der Waals surface area contributed by atoms with Gasteiger partial charge >= 0.3 is 0 Å². The average molecular weight is 314 g/mol. The van der Waals surface area contributed by atoms with Crippen LogP contribution in [0.2, 0.25) is 5.02 Å². The zero-order chi connectivity index (χ0) is 15.2. The van der Waals surface area contributed by atoms with E-state index in [1.54, 1.807) is 4.90 Å². The SMILES string of the molecule is CN(C(=O)COc1ccc(F)c(Cl)c1)C1CCCCCC1. The molecule has 0 N–H and O–H groups in total. The zero-order valence-electron chi connectivity index (χ0n) is 12.3. The molecule has 0 radical (unpaired) electrons. The summed E-state index contributed by atoms with van der Waals surface area (Å²) in [5.41, 5.74) is 0. The van der Waals surface area contributed by atoms with Crippen LogP contribution >= 0.6 is 11.6 Å². The van der Waals surface area contributed by atoms with Crippen LogP contribution in [0.15, 0.2) is 18.2 Å². The van der Waals surface area contributed by atoms with E-state index in [1.165, 1.54) is 43.9 Å². The topological polar surface area (TPSA) is 29.5 Å². The second kappa shape index (κ2) is 7.64. The number of carbonyl (C=O) groups is 1. The number of hydrogen-bond acceptors (Lipinski definition) is 2. The molecule has 0 bridgehead atoms. The van der Waals surface area contributed by atoms with E-state index in [-0.39, 0.29) is 17.5 Å². The molecular formula is C16H21ClFNO2. The van der Waals surface area contributed by atoms with E-state index in [4.69, 9.17) is 16.3 Å². The van der Waals surface area contributed by atoms with Crippen LogP contribution in [0.4, 0.5) is 4.39 Å². The van der Waals surface area contributed by atoms with E-state index in [2.05, 4.69) is 0 Å². The van der Waals surface area contributed by atoms with E-state index in [9.17, 15) is 9.18 Å². The number of carbonyl (C=O) groups excluding carboxylic acids is 1. The molecule has 5 heteroatoms. The molecule has 1 amide bonds. The van der Waals surface area contributed by atoms with Crippen molar-refractivity contribution in [2.24, 2.45) is 0 Å². The van der Waals surface area contributed by atoms with Crippen molar-refractivity contribution < 1.29 is 13.9 Å². The zero-order valence-corrected chi connectivity index (χ0v) is 13.0. The first-order valence-electron chi connectivity index (χ1n) is 7.41. The number of amides is 1. The third kappa shape index (κ3) is 4.60. The van der Waals surface area contributed by atoms with Crippen LogP contribution in [-0.4, -0.2) is 30.5 Å². The Morgan fingerprint density at radius 1 is 1.33 bits per heavy atom. The maximum absolute atomic E-state index is 13.0. The lowest BCUT2D eigenvalue weighted by molar-refractivity contribution is -0.134. The van der Waals surface area contributed by atoms with Gasteiger partial charge in [0.1, 0.15) is 11.6 Å². The van der Waals surface area contributed by atoms with Gasteiger partial charge in [0.15, 0.2) is 6.61 Å². The van der Waals surface area contributed by atoms with Gasteiger partial charge in [-0.05, 0) is 25.0 Å². The van der Waals surface area contributed by atoms with E-state index in [0.717, 1.165) is 12.8 Å². The van der Waals surface area contributed by atoms with Crippen LogP contribution < -0.4 is 4.74 Å². The number of hydrogen-bond donors (Lipinski definition) is 0. The molecule has 1 saturated carbocycles. The van der Waals surface area contributed by atoms with Crippen LogP contribution in [-0.2, 0) is 4.79 Å². The van der Waals surface area contributed by atoms with Crippen molar-refractivity contribution in [2.75, 3.05) is 13.7 Å². The van der Waals surface area contributed by atoms with Crippen LogP contribution in [0.1, 0.15) is 38.5 Å². The quantitative estimate of drug-likeness (QED) is 0.785. The molecule has 0 aromatic heterocycles. The predicted octanol–water partition coefficient (Wildman–Crippen LogP) is 4.04. The average Bonchev–Trinajstić information content (AvgIpc) is 2.76. The minimum absolute atomic E-state index is 0.00271. The summed E-state index contributed by atoms with van der Waals surface area (Å²) < 4.78 is 18.4. The highest BCUT2D eigenvalue weighted by Gasteiger charge is 2.21. The van der Waals surface area contributed by atoms with Crippen molar-refractivity contribution in [1.29, 1.82) is 0 Å². The van der Waals surface area contributed by atoms with Crippen LogP contribution in [0.3, 0.4) is 0 Å². The molecule has 116 valence electrons. The third-order valence-corrected chi connectivity index (χ3v) is 4.31. The molecule has 1 aromatic carbocycles. The molecular weight excluding hydrogens is 293 g/mol. The number of likely N-dealkylation sites (N-methyl/N-ethyl adjacent to an activating group) is 1. The lowest BCUT2D eigenvalue weighted by atomic mass is 10.1. The summed E-state index contributed by atoms with van der Waals surface area (Å²) in [6.07, 6.45) is 6.98. The first kappa shape index (κ1) is 16.1. The molecule has 21 heavy (non-hydrogen) atoms. The molecule has 0 aliphatic heterocycles. The number of ether oxygens (including phenoxy) is 1. The maximum atomic E-state index is 13.0. The Labute approximate surface area is 130 Å². The third-order valence-electron chi connectivity index (χ3n) is 4.02. The number of benzene rings is 1. The Hall–Kier alpha value is -1.29. The Bertz CT molecular complexity index is 487. The second-order valence-corrected chi connectivity index (χ2v) is 5.92. The van der Waals surface area contributed by atoms with E-state index >= 15 is 0 Å². The molecule has 0 atom stereocenters. The smallest absolute Gasteiger partial charge is 0.260 e. The summed E-state index contributed by atoms with van der Waals surface area (Å²) in [4.78, 5) is 14.0. The van der Waals surface area contributed by atoms with Crippen molar-refractivity contribution in [3.63, 3.8) is 0 Å². The lowest BCUT2D eigenvalue weighted by Gasteiger charge is -2.27. The molecule has 1 fully saturated rings. The van der Waals surface area contributed by atoms with Gasteiger partial charge in [0.2, 0.25) is 0 Å². The summed E-state index contributed by atoms with van der Waals surface area (Å²) in [6.45, 7) is -0.0467. The molecule has 0 heterocycles. The fourth-order valence-electron chi connectivity index (χ4n) is 2.66. The molecule has 0 saturated heterocycles. The van der Waals surface area contributed by atoms with Gasteiger partial charge in [0.05, 0.1) is 5.02 Å². The van der Waals surface area contributed by atoms with Crippen molar-refractivity contribution in [3.8, 4) is 5.75 Å². The summed E-state index contributed by atoms with van der Waals surface area (Å²) >= 11 is 5.68. The van der Waals surface area contributed by atoms with E-state index in [0.29, 0.717) is 11.8 Å². The van der Waals surface area contributed by atoms with Gasteiger partial charge in [0.25, 0.3) is 5.91 Å². The predicted molar refractivity (Wildman–Crippen MR) is 81.2 cm³/mol. The summed E-state index contributed by atoms with van der Waals surface area (Å²) in [6, 6.07) is 4.40. The highest BCUT2D eigenvalue weighted by molar-refractivity contribution is 6.30. The Morgan fingerprint density at radius 3 is 2.62 bits per heavy atom. The summed E-state index contributed by atoms with van der Waals surface area (Å²) in [5.74, 6) is -0.141. The van der Waals surface area contributed by atoms with Gasteiger partial charge in [-0.15, -0.1) is 0 Å². The number of halogens is 2. The van der Waals surface area contributed by atoms with Crippen LogP contribution in [0, 0.1) is 5.82 Å². The molecule has 0 unspecified atom stereocenters. The first-order valence-corrected chi connectivity index (χ1v) is 7.79. The number of rotatable bonds is 4. The summed E-state index contributed by atoms with van der Waals surface area (Å²) in [7, 11) is 1.83. The minimum atomic E-state index is -0.495. The van der Waals surface area contributed by atoms with Gasteiger partial charge in [-0.25, -0.2) is 4.39 Å². The Kier molecular flexibility index (Phi) is 5.85. The Balaban J connectivity index is 1.86. The van der Waals surface area contributed by atoms with Crippen molar-refractivity contribution in [3.05, 3.63) is 29.0 Å². The number of nitrogens with zero attached hydrogens (tertiary/aromatic N) is 1. The normalized spacial score (nSPS) is 16.3. The second-order valence-electron chi connectivity index (χ2n) is 5.51. The van der Waals surface area contributed by atoms with Crippen molar-refractivity contribution >= 4 is 17.5 Å². The molecule has 1 aliphatic carbocycles. The fraction of sp³-hybridized carbons (Fsp3) is 0.562. The van der Waals surface area contributed by atoms with Crippen LogP contribution in [0.25, 0.3) is 0 Å². The van der Waals surface area contributed by atoms with E-state index in [1.807, 2.05) is 7.05 Å². The lowest BCUT2D eigenvalue weighted by Crippen LogP contribution is -2.39. The maximum Gasteiger partial charge on any atom is 0.260 e. The first-order chi connectivity index (χ1) is 10.1. The van der Waals surface area contributed by atoms with Gasteiger partial charge < -0.3 is 9.64 Å². The molecule has 1 aliphatic rings. The fourth-order valence-corrected chi connectivity index (χ4v) is 2.83. The summed E-state index contributed by atoms with van der Waals surface area (Å²) in [5, 5.41) is -0.00271. The van der Waals surface area contributed by atoms with Crippen molar-refractivity contribution in [2.45, 2.75) is 44.6 Å². The van der Waals surface area contributed by atoms with Gasteiger partial charge in [-0.1, -0.05) is 37.3 Å². The van der Waals surface area contributed by atoms with E-state index < -0.39 is 5.82 Å². The molecule has 1 aromatic rings. The standard InChI is InChI=1S/C16H21ClFNO2/c1-19(12-6-4-2-3-5-7-12)16(20)11-21-13-8-9-15(18)14(17)10-13/h8-10,12H,2-7,11H2,1H3. The molecule has 0 spiro atoms. The Morgan fingerprint density at radius 2 is 2.00 bits per heavy atom. The molecule has 3 nitrogen and oxygen atoms in total. The monoisotopic (exact) mass is 313 g/mol. The highest BCUT2D eigenvalue weighted by Crippen LogP contribution is 2.23. The van der Waals surface area contributed by atoms with Crippen molar-refractivity contribution in [1.82, 2.24) is 4.90 Å². The van der Waals surface area contributed by atoms with Crippen LogP contribution in [0.5, 0.6) is 5.75 Å². The van der Waals surface area contributed by atoms with Gasteiger partial charge in [0, 0.05) is 19.2 Å². The molecule has 2 rings (SSSR count). The largest absolute Gasteiger partial charge is 0.484 e. The minimum Gasteiger partial charge on any atom is -0.484 e.